The van der Waals surface area contributed by atoms with Crippen molar-refractivity contribution in [1.82, 2.24) is 5.32 Å². The zero-order valence-electron chi connectivity index (χ0n) is 19.8. The van der Waals surface area contributed by atoms with Crippen LogP contribution >= 0.6 is 0 Å². The minimum Gasteiger partial charge on any atom is -0.496 e. The average Bonchev–Trinajstić information content (AvgIpc) is 2.86. The number of nitrogens with zero attached hydrogens (tertiary/aromatic N) is 1. The van der Waals surface area contributed by atoms with E-state index in [2.05, 4.69) is 5.32 Å². The Hall–Kier alpha value is -3.52. The highest BCUT2D eigenvalue weighted by molar-refractivity contribution is 7.92. The number of anilines is 1. The smallest absolute Gasteiger partial charge is 0.264 e. The molecule has 0 unspecified atom stereocenters. The van der Waals surface area contributed by atoms with Crippen LogP contribution in [0.25, 0.3) is 0 Å². The molecule has 1 amide bonds. The van der Waals surface area contributed by atoms with Crippen LogP contribution in [0.5, 0.6) is 11.5 Å². The summed E-state index contributed by atoms with van der Waals surface area (Å²) in [6.07, 6.45) is 0.637. The zero-order valence-corrected chi connectivity index (χ0v) is 20.6. The number of sulfonamides is 1. The van der Waals surface area contributed by atoms with Gasteiger partial charge in [-0.25, -0.2) is 8.42 Å². The van der Waals surface area contributed by atoms with E-state index in [9.17, 15) is 13.2 Å². The lowest BCUT2D eigenvalue weighted by Gasteiger charge is -2.27. The standard InChI is InChI=1S/C26H30N2O5S/c1-5-22(20-15-16-24(32-3)19(2)17-20)27-26(29)18-28(23-13-9-10-14-25(23)33-4)34(30,31)21-11-7-6-8-12-21/h6-17,22H,5,18H2,1-4H3,(H,27,29)/t22-/m0/s1. The Bertz CT molecular complexity index is 1230. The highest BCUT2D eigenvalue weighted by atomic mass is 32.2. The first-order chi connectivity index (χ1) is 16.3. The van der Waals surface area contributed by atoms with Crippen molar-refractivity contribution in [2.24, 2.45) is 0 Å². The van der Waals surface area contributed by atoms with Gasteiger partial charge in [-0.05, 0) is 54.8 Å². The molecule has 8 heteroatoms. The van der Waals surface area contributed by atoms with E-state index in [-0.39, 0.29) is 16.6 Å². The fourth-order valence-corrected chi connectivity index (χ4v) is 5.22. The number of ether oxygens (including phenoxy) is 2. The third-order valence-corrected chi connectivity index (χ3v) is 7.31. The Morgan fingerprint density at radius 3 is 2.21 bits per heavy atom. The highest BCUT2D eigenvalue weighted by Crippen LogP contribution is 2.32. The molecule has 0 saturated heterocycles. The minimum atomic E-state index is -4.03. The molecule has 180 valence electrons. The summed E-state index contributed by atoms with van der Waals surface area (Å²) in [5.74, 6) is 0.694. The number of hydrogen-bond acceptors (Lipinski definition) is 5. The van der Waals surface area contributed by atoms with Gasteiger partial charge in [0, 0.05) is 0 Å². The van der Waals surface area contributed by atoms with Gasteiger partial charge in [-0.2, -0.15) is 0 Å². The van der Waals surface area contributed by atoms with Gasteiger partial charge in [0.15, 0.2) is 0 Å². The summed E-state index contributed by atoms with van der Waals surface area (Å²) in [7, 11) is -0.953. The number of methoxy groups -OCH3 is 2. The molecule has 0 fully saturated rings. The molecule has 0 aliphatic rings. The molecule has 1 N–H and O–H groups in total. The second-order valence-corrected chi connectivity index (χ2v) is 9.62. The minimum absolute atomic E-state index is 0.0894. The van der Waals surface area contributed by atoms with Crippen LogP contribution in [-0.4, -0.2) is 35.1 Å². The van der Waals surface area contributed by atoms with Gasteiger partial charge in [-0.1, -0.05) is 49.4 Å². The fourth-order valence-electron chi connectivity index (χ4n) is 3.77. The number of carbonyl (C=O) groups excluding carboxylic acids is 1. The van der Waals surface area contributed by atoms with E-state index < -0.39 is 22.5 Å². The van der Waals surface area contributed by atoms with Gasteiger partial charge in [-0.15, -0.1) is 0 Å². The monoisotopic (exact) mass is 482 g/mol. The number of carbonyl (C=O) groups is 1. The molecule has 0 spiro atoms. The normalized spacial score (nSPS) is 12.0. The van der Waals surface area contributed by atoms with Crippen molar-refractivity contribution in [2.75, 3.05) is 25.1 Å². The largest absolute Gasteiger partial charge is 0.496 e. The molecule has 0 bridgehead atoms. The molecular weight excluding hydrogens is 452 g/mol. The molecule has 0 saturated carbocycles. The first-order valence-corrected chi connectivity index (χ1v) is 12.4. The van der Waals surface area contributed by atoms with Gasteiger partial charge in [0.1, 0.15) is 18.0 Å². The lowest BCUT2D eigenvalue weighted by Crippen LogP contribution is -2.42. The lowest BCUT2D eigenvalue weighted by atomic mass is 10.0. The van der Waals surface area contributed by atoms with Crippen molar-refractivity contribution in [2.45, 2.75) is 31.2 Å². The van der Waals surface area contributed by atoms with Gasteiger partial charge >= 0.3 is 0 Å². The van der Waals surface area contributed by atoms with Gasteiger partial charge in [0.2, 0.25) is 5.91 Å². The van der Waals surface area contributed by atoms with Gasteiger partial charge in [0.05, 0.1) is 30.8 Å². The number of hydrogen-bond donors (Lipinski definition) is 1. The number of amides is 1. The summed E-state index contributed by atoms with van der Waals surface area (Å²) in [5, 5.41) is 2.98. The topological polar surface area (TPSA) is 84.9 Å². The molecule has 34 heavy (non-hydrogen) atoms. The molecule has 3 rings (SSSR count). The average molecular weight is 483 g/mol. The molecule has 1 atom stereocenters. The Balaban J connectivity index is 1.93. The Kier molecular flexibility index (Phi) is 8.17. The third-order valence-electron chi connectivity index (χ3n) is 5.54. The summed E-state index contributed by atoms with van der Waals surface area (Å²) >= 11 is 0. The van der Waals surface area contributed by atoms with E-state index in [0.29, 0.717) is 12.2 Å². The summed E-state index contributed by atoms with van der Waals surface area (Å²) < 4.78 is 38.9. The second-order valence-electron chi connectivity index (χ2n) is 7.75. The van der Waals surface area contributed by atoms with Crippen molar-refractivity contribution in [1.29, 1.82) is 0 Å². The molecule has 7 nitrogen and oxygen atoms in total. The van der Waals surface area contributed by atoms with Crippen LogP contribution in [0.15, 0.2) is 77.7 Å². The fraction of sp³-hybridized carbons (Fsp3) is 0.269. The van der Waals surface area contributed by atoms with Crippen LogP contribution in [-0.2, 0) is 14.8 Å². The number of benzene rings is 3. The van der Waals surface area contributed by atoms with E-state index in [1.54, 1.807) is 49.6 Å². The summed E-state index contributed by atoms with van der Waals surface area (Å²) in [5.41, 5.74) is 2.16. The Morgan fingerprint density at radius 2 is 1.59 bits per heavy atom. The van der Waals surface area contributed by atoms with E-state index in [4.69, 9.17) is 9.47 Å². The molecular formula is C26H30N2O5S. The summed E-state index contributed by atoms with van der Waals surface area (Å²) in [6.45, 7) is 3.50. The first-order valence-electron chi connectivity index (χ1n) is 11.0. The predicted octanol–water partition coefficient (Wildman–Crippen LogP) is 4.48. The van der Waals surface area contributed by atoms with Crippen molar-refractivity contribution < 1.29 is 22.7 Å². The van der Waals surface area contributed by atoms with Crippen LogP contribution < -0.4 is 19.1 Å². The molecule has 3 aromatic carbocycles. The maximum Gasteiger partial charge on any atom is 0.264 e. The van der Waals surface area contributed by atoms with Crippen LogP contribution in [0.2, 0.25) is 0 Å². The lowest BCUT2D eigenvalue weighted by molar-refractivity contribution is -0.120. The van der Waals surface area contributed by atoms with Crippen molar-refractivity contribution in [3.05, 3.63) is 83.9 Å². The SMILES string of the molecule is CC[C@H](NC(=O)CN(c1ccccc1OC)S(=O)(=O)c1ccccc1)c1ccc(OC)c(C)c1. The highest BCUT2D eigenvalue weighted by Gasteiger charge is 2.29. The van der Waals surface area contributed by atoms with Crippen molar-refractivity contribution in [3.8, 4) is 11.5 Å². The zero-order chi connectivity index (χ0) is 24.7. The van der Waals surface area contributed by atoms with E-state index >= 15 is 0 Å². The molecule has 3 aromatic rings. The molecule has 0 aliphatic heterocycles. The van der Waals surface area contributed by atoms with E-state index in [1.807, 2.05) is 32.0 Å². The number of aryl methyl sites for hydroxylation is 1. The number of para-hydroxylation sites is 2. The van der Waals surface area contributed by atoms with Gasteiger partial charge in [0.25, 0.3) is 10.0 Å². The summed E-state index contributed by atoms with van der Waals surface area (Å²) in [4.78, 5) is 13.3. The van der Waals surface area contributed by atoms with E-state index in [1.165, 1.54) is 19.2 Å². The second kappa shape index (κ2) is 11.1. The predicted molar refractivity (Wildman–Crippen MR) is 133 cm³/mol. The molecule has 0 aliphatic carbocycles. The number of rotatable bonds is 10. The molecule has 0 aromatic heterocycles. The van der Waals surface area contributed by atoms with Crippen molar-refractivity contribution in [3.63, 3.8) is 0 Å². The maximum atomic E-state index is 13.6. The Morgan fingerprint density at radius 1 is 0.941 bits per heavy atom. The van der Waals surface area contributed by atoms with Crippen molar-refractivity contribution >= 4 is 21.6 Å². The maximum absolute atomic E-state index is 13.6. The Labute approximate surface area is 201 Å². The molecule has 0 heterocycles. The van der Waals surface area contributed by atoms with Crippen LogP contribution in [0.1, 0.15) is 30.5 Å². The van der Waals surface area contributed by atoms with Crippen LogP contribution in [0.3, 0.4) is 0 Å². The third kappa shape index (κ3) is 5.51. The molecule has 0 radical (unpaired) electrons. The number of nitrogens with one attached hydrogen (secondary N) is 1. The van der Waals surface area contributed by atoms with Crippen LogP contribution in [0.4, 0.5) is 5.69 Å². The summed E-state index contributed by atoms with van der Waals surface area (Å²) in [6, 6.07) is 20.2. The van der Waals surface area contributed by atoms with Gasteiger partial charge in [-0.3, -0.25) is 9.10 Å². The van der Waals surface area contributed by atoms with E-state index in [0.717, 1.165) is 21.2 Å². The first kappa shape index (κ1) is 25.1. The quantitative estimate of drug-likeness (QED) is 0.461. The van der Waals surface area contributed by atoms with Gasteiger partial charge < -0.3 is 14.8 Å². The van der Waals surface area contributed by atoms with Crippen LogP contribution in [0, 0.1) is 6.92 Å².